The molecule has 0 bridgehead atoms. The van der Waals surface area contributed by atoms with E-state index in [2.05, 4.69) is 32.7 Å². The molecule has 6 heteroatoms. The van der Waals surface area contributed by atoms with Gasteiger partial charge in [-0.15, -0.1) is 11.3 Å². The van der Waals surface area contributed by atoms with Crippen molar-refractivity contribution in [1.29, 1.82) is 0 Å². The van der Waals surface area contributed by atoms with Crippen LogP contribution < -0.4 is 0 Å². The van der Waals surface area contributed by atoms with Gasteiger partial charge in [0.1, 0.15) is 9.88 Å². The Balaban J connectivity index is 1.68. The van der Waals surface area contributed by atoms with Crippen LogP contribution in [0.5, 0.6) is 0 Å². The van der Waals surface area contributed by atoms with Crippen molar-refractivity contribution >= 4 is 28.3 Å². The van der Waals surface area contributed by atoms with Crippen molar-refractivity contribution in [2.24, 2.45) is 0 Å². The van der Waals surface area contributed by atoms with Gasteiger partial charge in [-0.25, -0.2) is 14.8 Å². The number of para-hydroxylation sites is 2. The van der Waals surface area contributed by atoms with E-state index in [1.165, 1.54) is 11.3 Å². The molecule has 0 saturated heterocycles. The van der Waals surface area contributed by atoms with Crippen LogP contribution in [0.3, 0.4) is 0 Å². The van der Waals surface area contributed by atoms with Gasteiger partial charge in [-0.3, -0.25) is 0 Å². The molecular formula is C19H15N3O2S. The highest BCUT2D eigenvalue weighted by molar-refractivity contribution is 7.17. The summed E-state index contributed by atoms with van der Waals surface area (Å²) in [6.45, 7) is 2.43. The second-order valence-corrected chi connectivity index (χ2v) is 6.80. The van der Waals surface area contributed by atoms with E-state index in [4.69, 9.17) is 0 Å². The highest BCUT2D eigenvalue weighted by Gasteiger charge is 2.15. The first-order valence-electron chi connectivity index (χ1n) is 7.82. The molecule has 4 aromatic rings. The summed E-state index contributed by atoms with van der Waals surface area (Å²) < 4.78 is 2.10. The summed E-state index contributed by atoms with van der Waals surface area (Å²) in [7, 11) is 0. The minimum atomic E-state index is -0.928. The second kappa shape index (κ2) is 6.14. The normalized spacial score (nSPS) is 11.1. The first-order chi connectivity index (χ1) is 12.1. The maximum atomic E-state index is 11.2. The maximum Gasteiger partial charge on any atom is 0.347 e. The molecule has 5 nitrogen and oxygen atoms in total. The Morgan fingerprint density at radius 1 is 1.20 bits per heavy atom. The highest BCUT2D eigenvalue weighted by Crippen LogP contribution is 2.28. The molecule has 2 aromatic carbocycles. The molecule has 0 saturated carbocycles. The van der Waals surface area contributed by atoms with E-state index in [0.717, 1.165) is 27.2 Å². The molecule has 0 spiro atoms. The number of aromatic nitrogens is 3. The number of rotatable bonds is 4. The van der Waals surface area contributed by atoms with Crippen molar-refractivity contribution in [2.75, 3.05) is 0 Å². The second-order valence-electron chi connectivity index (χ2n) is 5.80. The molecule has 0 aliphatic carbocycles. The average Bonchev–Trinajstić information content (AvgIpc) is 3.19. The number of imidazole rings is 1. The lowest BCUT2D eigenvalue weighted by Crippen LogP contribution is -1.97. The number of carboxylic acids is 1. The molecule has 0 unspecified atom stereocenters. The molecule has 0 radical (unpaired) electrons. The summed E-state index contributed by atoms with van der Waals surface area (Å²) in [6, 6.07) is 16.1. The summed E-state index contributed by atoms with van der Waals surface area (Å²) in [4.78, 5) is 20.3. The van der Waals surface area contributed by atoms with E-state index in [9.17, 15) is 9.90 Å². The molecule has 0 atom stereocenters. The third-order valence-electron chi connectivity index (χ3n) is 4.05. The number of aryl methyl sites for hydroxylation is 1. The average molecular weight is 349 g/mol. The number of carboxylic acid groups (broad SMARTS) is 1. The molecule has 124 valence electrons. The van der Waals surface area contributed by atoms with Gasteiger partial charge in [0, 0.05) is 12.1 Å². The van der Waals surface area contributed by atoms with Crippen LogP contribution >= 0.6 is 11.3 Å². The molecule has 2 aromatic heterocycles. The summed E-state index contributed by atoms with van der Waals surface area (Å²) in [6.07, 6.45) is 1.84. The van der Waals surface area contributed by atoms with E-state index < -0.39 is 5.97 Å². The number of hydrogen-bond acceptors (Lipinski definition) is 4. The van der Waals surface area contributed by atoms with Crippen LogP contribution in [0, 0.1) is 6.92 Å². The van der Waals surface area contributed by atoms with Gasteiger partial charge in [0.25, 0.3) is 0 Å². The number of aromatic carboxylic acids is 1. The van der Waals surface area contributed by atoms with Crippen LogP contribution in [0.4, 0.5) is 0 Å². The minimum Gasteiger partial charge on any atom is -0.477 e. The highest BCUT2D eigenvalue weighted by atomic mass is 32.1. The summed E-state index contributed by atoms with van der Waals surface area (Å²) in [5.41, 5.74) is 4.66. The van der Waals surface area contributed by atoms with E-state index in [1.807, 2.05) is 36.7 Å². The number of fused-ring (bicyclic) bond motifs is 1. The van der Waals surface area contributed by atoms with Crippen LogP contribution in [-0.4, -0.2) is 25.6 Å². The van der Waals surface area contributed by atoms with E-state index in [0.29, 0.717) is 17.1 Å². The van der Waals surface area contributed by atoms with Gasteiger partial charge in [0.15, 0.2) is 0 Å². The Bertz CT molecular complexity index is 1080. The maximum absolute atomic E-state index is 11.2. The fourth-order valence-electron chi connectivity index (χ4n) is 2.85. The van der Waals surface area contributed by atoms with Gasteiger partial charge in [-0.2, -0.15) is 0 Å². The van der Waals surface area contributed by atoms with Gasteiger partial charge < -0.3 is 9.67 Å². The molecule has 25 heavy (non-hydrogen) atoms. The molecule has 0 amide bonds. The van der Waals surface area contributed by atoms with Crippen molar-refractivity contribution in [2.45, 2.75) is 13.5 Å². The van der Waals surface area contributed by atoms with Crippen molar-refractivity contribution in [1.82, 2.24) is 14.5 Å². The van der Waals surface area contributed by atoms with Gasteiger partial charge in [0.05, 0.1) is 23.1 Å². The minimum absolute atomic E-state index is 0.293. The lowest BCUT2D eigenvalue weighted by molar-refractivity contribution is 0.0701. The van der Waals surface area contributed by atoms with Gasteiger partial charge in [0.2, 0.25) is 0 Å². The Morgan fingerprint density at radius 2 is 2.04 bits per heavy atom. The number of nitrogens with zero attached hydrogens (tertiary/aromatic N) is 3. The Kier molecular flexibility index (Phi) is 3.82. The Hall–Kier alpha value is -2.99. The van der Waals surface area contributed by atoms with E-state index >= 15 is 0 Å². The first kappa shape index (κ1) is 15.5. The number of carbonyl (C=O) groups is 1. The smallest absolute Gasteiger partial charge is 0.347 e. The molecule has 1 N–H and O–H groups in total. The molecule has 0 fully saturated rings. The standard InChI is InChI=1S/C19H15N3O2S/c1-12-17(19(23)24)25-18(21-12)14-6-4-5-13(9-14)10-22-11-20-15-7-2-3-8-16(15)22/h2-9,11H,10H2,1H3,(H,23,24). The lowest BCUT2D eigenvalue weighted by atomic mass is 10.1. The predicted molar refractivity (Wildman–Crippen MR) is 98.1 cm³/mol. The first-order valence-corrected chi connectivity index (χ1v) is 8.63. The van der Waals surface area contributed by atoms with Gasteiger partial charge in [-0.05, 0) is 30.7 Å². The van der Waals surface area contributed by atoms with Gasteiger partial charge >= 0.3 is 5.97 Å². The monoisotopic (exact) mass is 349 g/mol. The quantitative estimate of drug-likeness (QED) is 0.599. The fourth-order valence-corrected chi connectivity index (χ4v) is 3.76. The van der Waals surface area contributed by atoms with Crippen LogP contribution in [0.25, 0.3) is 21.6 Å². The number of thiazole rings is 1. The van der Waals surface area contributed by atoms with E-state index in [-0.39, 0.29) is 0 Å². The molecule has 0 aliphatic rings. The zero-order chi connectivity index (χ0) is 17.4. The zero-order valence-electron chi connectivity index (χ0n) is 13.5. The van der Waals surface area contributed by atoms with Gasteiger partial charge in [-0.1, -0.05) is 30.3 Å². The summed E-state index contributed by atoms with van der Waals surface area (Å²) in [5.74, 6) is -0.928. The number of benzene rings is 2. The van der Waals surface area contributed by atoms with Crippen molar-refractivity contribution in [3.63, 3.8) is 0 Å². The van der Waals surface area contributed by atoms with Crippen molar-refractivity contribution in [3.05, 3.63) is 71.0 Å². The van der Waals surface area contributed by atoms with E-state index in [1.54, 1.807) is 6.92 Å². The zero-order valence-corrected chi connectivity index (χ0v) is 14.3. The molecule has 2 heterocycles. The van der Waals surface area contributed by atoms with Crippen LogP contribution in [0.15, 0.2) is 54.9 Å². The van der Waals surface area contributed by atoms with Crippen molar-refractivity contribution < 1.29 is 9.90 Å². The summed E-state index contributed by atoms with van der Waals surface area (Å²) in [5, 5.41) is 9.94. The molecule has 4 rings (SSSR count). The molecular weight excluding hydrogens is 334 g/mol. The largest absolute Gasteiger partial charge is 0.477 e. The fraction of sp³-hybridized carbons (Fsp3) is 0.105. The summed E-state index contributed by atoms with van der Waals surface area (Å²) >= 11 is 1.21. The Labute approximate surface area is 148 Å². The third-order valence-corrected chi connectivity index (χ3v) is 5.24. The topological polar surface area (TPSA) is 68.0 Å². The van der Waals surface area contributed by atoms with Crippen LogP contribution in [0.1, 0.15) is 20.9 Å². The van der Waals surface area contributed by atoms with Crippen LogP contribution in [-0.2, 0) is 6.54 Å². The molecule has 0 aliphatic heterocycles. The Morgan fingerprint density at radius 3 is 2.84 bits per heavy atom. The van der Waals surface area contributed by atoms with Crippen LogP contribution in [0.2, 0.25) is 0 Å². The third kappa shape index (κ3) is 2.92. The SMILES string of the molecule is Cc1nc(-c2cccc(Cn3cnc4ccccc43)c2)sc1C(=O)O. The predicted octanol–water partition coefficient (Wildman–Crippen LogP) is 4.21. The van der Waals surface area contributed by atoms with Crippen molar-refractivity contribution in [3.8, 4) is 10.6 Å². The lowest BCUT2D eigenvalue weighted by Gasteiger charge is -2.06. The number of hydrogen-bond donors (Lipinski definition) is 1.